The number of aliphatic hydroxyl groups is 1. The Kier molecular flexibility index (Phi) is 9.56. The van der Waals surface area contributed by atoms with Crippen LogP contribution in [0.15, 0.2) is 16.9 Å². The first-order valence-corrected chi connectivity index (χ1v) is 9.31. The normalized spacial score (nSPS) is 11.1. The highest BCUT2D eigenvalue weighted by atomic mass is 16.6. The molecule has 0 aliphatic heterocycles. The summed E-state index contributed by atoms with van der Waals surface area (Å²) in [5.41, 5.74) is 0.280. The fourth-order valence-electron chi connectivity index (χ4n) is 2.48. The first-order chi connectivity index (χ1) is 12.7. The average Bonchev–Trinajstić information content (AvgIpc) is 2.57. The lowest BCUT2D eigenvalue weighted by Crippen LogP contribution is -2.32. The van der Waals surface area contributed by atoms with Gasteiger partial charge in [-0.3, -0.25) is 9.59 Å². The Labute approximate surface area is 159 Å². The minimum Gasteiger partial charge on any atom is -0.444 e. The maximum Gasteiger partial charge on any atom is 0.407 e. The van der Waals surface area contributed by atoms with Gasteiger partial charge in [-0.25, -0.2) is 4.79 Å². The molecule has 0 bridgehead atoms. The van der Waals surface area contributed by atoms with E-state index in [2.05, 4.69) is 15.6 Å². The van der Waals surface area contributed by atoms with E-state index in [1.54, 1.807) is 0 Å². The number of hydrogen-bond acceptors (Lipinski definition) is 5. The zero-order valence-corrected chi connectivity index (χ0v) is 16.4. The summed E-state index contributed by atoms with van der Waals surface area (Å²) in [5, 5.41) is 14.1. The average molecular weight is 381 g/mol. The maximum atomic E-state index is 12.1. The number of carbonyl (C=O) groups is 2. The minimum atomic E-state index is -0.502. The van der Waals surface area contributed by atoms with E-state index >= 15 is 0 Å². The fourth-order valence-corrected chi connectivity index (χ4v) is 2.48. The third-order valence-electron chi connectivity index (χ3n) is 3.66. The van der Waals surface area contributed by atoms with E-state index in [1.165, 1.54) is 12.1 Å². The molecule has 152 valence electrons. The predicted molar refractivity (Wildman–Crippen MR) is 103 cm³/mol. The zero-order valence-electron chi connectivity index (χ0n) is 16.4. The van der Waals surface area contributed by atoms with E-state index in [0.29, 0.717) is 24.2 Å². The molecule has 0 spiro atoms. The van der Waals surface area contributed by atoms with Crippen molar-refractivity contribution in [3.63, 3.8) is 0 Å². The van der Waals surface area contributed by atoms with Gasteiger partial charge in [-0.05, 0) is 46.1 Å². The second-order valence-electron chi connectivity index (χ2n) is 7.29. The van der Waals surface area contributed by atoms with E-state index in [-0.39, 0.29) is 24.6 Å². The molecule has 1 rings (SSSR count). The van der Waals surface area contributed by atoms with Crippen LogP contribution in [-0.4, -0.2) is 47.4 Å². The standard InChI is InChI=1S/C19H31N3O5/c1-19(2,3)27-18(26)21-11-7-5-4-6-8-15-14(9-10-16(24)22-15)17(25)20-12-13-23/h9-10,23H,4-8,11-13H2,1-3H3,(H,20,25)(H,21,26)(H,22,24). The summed E-state index contributed by atoms with van der Waals surface area (Å²) in [7, 11) is 0. The SMILES string of the molecule is CC(C)(C)OC(=O)NCCCCCCc1[nH]c(=O)ccc1C(=O)NCCO. The Morgan fingerprint density at radius 3 is 2.44 bits per heavy atom. The number of unbranched alkanes of at least 4 members (excludes halogenated alkanes) is 3. The molecule has 8 heteroatoms. The highest BCUT2D eigenvalue weighted by molar-refractivity contribution is 5.95. The zero-order chi connectivity index (χ0) is 20.3. The maximum absolute atomic E-state index is 12.1. The van der Waals surface area contributed by atoms with Crippen LogP contribution in [0.1, 0.15) is 62.5 Å². The Balaban J connectivity index is 2.34. The van der Waals surface area contributed by atoms with Crippen molar-refractivity contribution < 1.29 is 19.4 Å². The summed E-state index contributed by atoms with van der Waals surface area (Å²) < 4.78 is 5.16. The molecular weight excluding hydrogens is 350 g/mol. The molecule has 0 radical (unpaired) electrons. The van der Waals surface area contributed by atoms with E-state index in [1.807, 2.05) is 20.8 Å². The molecule has 0 fully saturated rings. The van der Waals surface area contributed by atoms with Gasteiger partial charge in [0.25, 0.3) is 5.91 Å². The van der Waals surface area contributed by atoms with Crippen LogP contribution in [0.2, 0.25) is 0 Å². The smallest absolute Gasteiger partial charge is 0.407 e. The summed E-state index contributed by atoms with van der Waals surface area (Å²) in [6.07, 6.45) is 3.63. The predicted octanol–water partition coefficient (Wildman–Crippen LogP) is 1.72. The largest absolute Gasteiger partial charge is 0.444 e. The number of hydrogen-bond donors (Lipinski definition) is 4. The number of amides is 2. The molecular formula is C19H31N3O5. The number of aliphatic hydroxyl groups excluding tert-OH is 1. The van der Waals surface area contributed by atoms with Crippen LogP contribution < -0.4 is 16.2 Å². The number of ether oxygens (including phenoxy) is 1. The number of alkyl carbamates (subject to hydrolysis) is 1. The van der Waals surface area contributed by atoms with Crippen LogP contribution in [0, 0.1) is 0 Å². The number of aromatic amines is 1. The summed E-state index contributed by atoms with van der Waals surface area (Å²) in [5.74, 6) is -0.308. The molecule has 4 N–H and O–H groups in total. The molecule has 8 nitrogen and oxygen atoms in total. The van der Waals surface area contributed by atoms with Gasteiger partial charge in [-0.15, -0.1) is 0 Å². The molecule has 0 aliphatic rings. The summed E-state index contributed by atoms with van der Waals surface area (Å²) in [6.45, 7) is 6.03. The first kappa shape index (κ1) is 22.7. The summed E-state index contributed by atoms with van der Waals surface area (Å²) in [4.78, 5) is 37.9. The van der Waals surface area contributed by atoms with Crippen molar-refractivity contribution in [3.8, 4) is 0 Å². The first-order valence-electron chi connectivity index (χ1n) is 9.31. The molecule has 27 heavy (non-hydrogen) atoms. The number of aromatic nitrogens is 1. The number of rotatable bonds is 10. The molecule has 0 unspecified atom stereocenters. The highest BCUT2D eigenvalue weighted by Crippen LogP contribution is 2.10. The van der Waals surface area contributed by atoms with Crippen molar-refractivity contribution in [2.24, 2.45) is 0 Å². The van der Waals surface area contributed by atoms with Crippen LogP contribution in [-0.2, 0) is 11.2 Å². The molecule has 0 saturated heterocycles. The number of pyridine rings is 1. The molecule has 1 heterocycles. The summed E-state index contributed by atoms with van der Waals surface area (Å²) >= 11 is 0. The Bertz CT molecular complexity index is 664. The third-order valence-corrected chi connectivity index (χ3v) is 3.66. The Morgan fingerprint density at radius 1 is 1.07 bits per heavy atom. The van der Waals surface area contributed by atoms with Gasteiger partial charge in [-0.2, -0.15) is 0 Å². The number of aryl methyl sites for hydroxylation is 1. The lowest BCUT2D eigenvalue weighted by molar-refractivity contribution is 0.0526. The van der Waals surface area contributed by atoms with Crippen molar-refractivity contribution >= 4 is 12.0 Å². The van der Waals surface area contributed by atoms with Gasteiger partial charge in [0, 0.05) is 24.8 Å². The van der Waals surface area contributed by atoms with Crippen molar-refractivity contribution in [3.05, 3.63) is 33.7 Å². The minimum absolute atomic E-state index is 0.137. The molecule has 1 aromatic rings. The fraction of sp³-hybridized carbons (Fsp3) is 0.632. The monoisotopic (exact) mass is 381 g/mol. The molecule has 0 aliphatic carbocycles. The van der Waals surface area contributed by atoms with Gasteiger partial charge in [0.15, 0.2) is 0 Å². The molecule has 0 aromatic carbocycles. The van der Waals surface area contributed by atoms with E-state index in [9.17, 15) is 14.4 Å². The Hall–Kier alpha value is -2.35. The second kappa shape index (κ2) is 11.4. The van der Waals surface area contributed by atoms with Gasteiger partial charge in [0.2, 0.25) is 5.56 Å². The van der Waals surface area contributed by atoms with E-state index in [4.69, 9.17) is 9.84 Å². The molecule has 2 amide bonds. The van der Waals surface area contributed by atoms with Crippen molar-refractivity contribution in [2.75, 3.05) is 19.7 Å². The van der Waals surface area contributed by atoms with Crippen molar-refractivity contribution in [1.82, 2.24) is 15.6 Å². The number of nitrogens with one attached hydrogen (secondary N) is 3. The van der Waals surface area contributed by atoms with Gasteiger partial charge in [-0.1, -0.05) is 12.8 Å². The van der Waals surface area contributed by atoms with E-state index < -0.39 is 11.7 Å². The molecule has 0 atom stereocenters. The van der Waals surface area contributed by atoms with Crippen LogP contribution in [0.3, 0.4) is 0 Å². The third kappa shape index (κ3) is 9.79. The molecule has 1 aromatic heterocycles. The van der Waals surface area contributed by atoms with Crippen LogP contribution in [0.25, 0.3) is 0 Å². The molecule has 0 saturated carbocycles. The van der Waals surface area contributed by atoms with Crippen molar-refractivity contribution in [2.45, 2.75) is 58.5 Å². The topological polar surface area (TPSA) is 121 Å². The van der Waals surface area contributed by atoms with Crippen LogP contribution in [0.4, 0.5) is 4.79 Å². The van der Waals surface area contributed by atoms with Gasteiger partial charge in [0.1, 0.15) is 5.60 Å². The highest BCUT2D eigenvalue weighted by Gasteiger charge is 2.15. The quantitative estimate of drug-likeness (QED) is 0.460. The van der Waals surface area contributed by atoms with Gasteiger partial charge in [0.05, 0.1) is 12.2 Å². The van der Waals surface area contributed by atoms with Crippen molar-refractivity contribution in [1.29, 1.82) is 0 Å². The Morgan fingerprint density at radius 2 is 1.78 bits per heavy atom. The van der Waals surface area contributed by atoms with Crippen LogP contribution in [0.5, 0.6) is 0 Å². The van der Waals surface area contributed by atoms with E-state index in [0.717, 1.165) is 25.7 Å². The second-order valence-corrected chi connectivity index (χ2v) is 7.29. The van der Waals surface area contributed by atoms with Gasteiger partial charge < -0.3 is 25.5 Å². The van der Waals surface area contributed by atoms with Crippen LogP contribution >= 0.6 is 0 Å². The lowest BCUT2D eigenvalue weighted by atomic mass is 10.1. The number of carbonyl (C=O) groups excluding carboxylic acids is 2. The lowest BCUT2D eigenvalue weighted by Gasteiger charge is -2.19. The van der Waals surface area contributed by atoms with Gasteiger partial charge >= 0.3 is 6.09 Å². The summed E-state index contributed by atoms with van der Waals surface area (Å²) in [6, 6.07) is 2.82. The number of H-pyrrole nitrogens is 1.